The van der Waals surface area contributed by atoms with E-state index in [1.165, 1.54) is 0 Å². The van der Waals surface area contributed by atoms with Gasteiger partial charge in [-0.05, 0) is 30.7 Å². The molecule has 1 saturated heterocycles. The quantitative estimate of drug-likeness (QED) is 0.816. The van der Waals surface area contributed by atoms with Crippen LogP contribution < -0.4 is 15.2 Å². The Labute approximate surface area is 106 Å². The molecule has 0 bridgehead atoms. The summed E-state index contributed by atoms with van der Waals surface area (Å²) in [5.74, 6) is 1.46. The number of aliphatic hydroxyl groups is 1. The Balaban J connectivity index is 1.67. The van der Waals surface area contributed by atoms with Crippen LogP contribution in [0.2, 0.25) is 0 Å². The predicted molar refractivity (Wildman–Crippen MR) is 66.6 cm³/mol. The van der Waals surface area contributed by atoms with Crippen molar-refractivity contribution in [3.05, 3.63) is 23.8 Å². The van der Waals surface area contributed by atoms with E-state index in [0.717, 1.165) is 30.8 Å². The number of ether oxygens (including phenoxy) is 2. The number of hydrogen-bond acceptors (Lipinski definition) is 5. The molecule has 1 aromatic rings. The average Bonchev–Trinajstić information content (AvgIpc) is 2.96. The van der Waals surface area contributed by atoms with Crippen LogP contribution in [0.5, 0.6) is 11.5 Å². The molecule has 2 atom stereocenters. The van der Waals surface area contributed by atoms with Gasteiger partial charge in [-0.1, -0.05) is 6.07 Å². The van der Waals surface area contributed by atoms with Crippen LogP contribution in [0.25, 0.3) is 0 Å². The van der Waals surface area contributed by atoms with Crippen molar-refractivity contribution in [3.8, 4) is 11.5 Å². The number of rotatable bonds is 3. The van der Waals surface area contributed by atoms with Crippen molar-refractivity contribution in [2.75, 3.05) is 26.4 Å². The van der Waals surface area contributed by atoms with Crippen LogP contribution in [-0.4, -0.2) is 42.5 Å². The fourth-order valence-corrected chi connectivity index (χ4v) is 2.50. The van der Waals surface area contributed by atoms with Gasteiger partial charge in [-0.25, -0.2) is 0 Å². The molecule has 0 spiro atoms. The number of aliphatic hydroxyl groups excluding tert-OH is 1. The lowest BCUT2D eigenvalue weighted by Crippen LogP contribution is -2.30. The van der Waals surface area contributed by atoms with Crippen molar-refractivity contribution < 1.29 is 14.6 Å². The van der Waals surface area contributed by atoms with E-state index in [1.807, 2.05) is 18.2 Å². The second kappa shape index (κ2) is 4.76. The summed E-state index contributed by atoms with van der Waals surface area (Å²) in [7, 11) is 0. The van der Waals surface area contributed by atoms with Gasteiger partial charge in [-0.3, -0.25) is 4.90 Å². The van der Waals surface area contributed by atoms with E-state index < -0.39 is 6.10 Å². The van der Waals surface area contributed by atoms with Crippen molar-refractivity contribution in [1.29, 1.82) is 0 Å². The summed E-state index contributed by atoms with van der Waals surface area (Å²) in [6.07, 6.45) is 0.498. The summed E-state index contributed by atoms with van der Waals surface area (Å²) >= 11 is 0. The fraction of sp³-hybridized carbons (Fsp3) is 0.538. The fourth-order valence-electron chi connectivity index (χ4n) is 2.50. The zero-order chi connectivity index (χ0) is 12.5. The zero-order valence-corrected chi connectivity index (χ0v) is 10.2. The molecular formula is C13H18N2O3. The normalized spacial score (nSPS) is 24.4. The van der Waals surface area contributed by atoms with E-state index in [1.54, 1.807) is 0 Å². The van der Waals surface area contributed by atoms with Crippen LogP contribution >= 0.6 is 0 Å². The van der Waals surface area contributed by atoms with Gasteiger partial charge in [0.05, 0.1) is 6.10 Å². The largest absolute Gasteiger partial charge is 0.454 e. The van der Waals surface area contributed by atoms with Crippen molar-refractivity contribution in [2.45, 2.75) is 18.6 Å². The highest BCUT2D eigenvalue weighted by atomic mass is 16.7. The van der Waals surface area contributed by atoms with E-state index in [2.05, 4.69) is 4.90 Å². The summed E-state index contributed by atoms with van der Waals surface area (Å²) in [5.41, 5.74) is 6.71. The third-order valence-corrected chi connectivity index (χ3v) is 3.52. The maximum Gasteiger partial charge on any atom is 0.231 e. The summed E-state index contributed by atoms with van der Waals surface area (Å²) in [6, 6.07) is 5.82. The summed E-state index contributed by atoms with van der Waals surface area (Å²) in [5, 5.41) is 10.2. The van der Waals surface area contributed by atoms with Crippen molar-refractivity contribution >= 4 is 0 Å². The average molecular weight is 250 g/mol. The monoisotopic (exact) mass is 250 g/mol. The molecule has 2 heterocycles. The molecular weight excluding hydrogens is 232 g/mol. The standard InChI is InChI=1S/C13H18N2O3/c14-10-3-4-15(6-10)7-11(16)9-1-2-12-13(5-9)18-8-17-12/h1-2,5,10-11,16H,3-4,6-8,14H2. The summed E-state index contributed by atoms with van der Waals surface area (Å²) < 4.78 is 10.6. The lowest BCUT2D eigenvalue weighted by atomic mass is 10.1. The molecule has 1 fully saturated rings. The second-order valence-corrected chi connectivity index (χ2v) is 4.94. The van der Waals surface area contributed by atoms with Gasteiger partial charge in [0, 0.05) is 19.1 Å². The number of fused-ring (bicyclic) bond motifs is 1. The SMILES string of the molecule is NC1CCN(CC(O)c2ccc3c(c2)OCO3)C1. The maximum atomic E-state index is 10.2. The van der Waals surface area contributed by atoms with Crippen LogP contribution in [0.3, 0.4) is 0 Å². The first-order chi connectivity index (χ1) is 8.72. The first kappa shape index (κ1) is 11.8. The van der Waals surface area contributed by atoms with E-state index in [-0.39, 0.29) is 12.8 Å². The van der Waals surface area contributed by atoms with Crippen LogP contribution in [-0.2, 0) is 0 Å². The van der Waals surface area contributed by atoms with E-state index >= 15 is 0 Å². The maximum absolute atomic E-state index is 10.2. The Morgan fingerprint density at radius 2 is 2.22 bits per heavy atom. The Morgan fingerprint density at radius 1 is 1.39 bits per heavy atom. The minimum Gasteiger partial charge on any atom is -0.454 e. The molecule has 98 valence electrons. The third-order valence-electron chi connectivity index (χ3n) is 3.52. The second-order valence-electron chi connectivity index (χ2n) is 4.94. The van der Waals surface area contributed by atoms with Crippen LogP contribution in [0.4, 0.5) is 0 Å². The van der Waals surface area contributed by atoms with Gasteiger partial charge in [-0.2, -0.15) is 0 Å². The number of benzene rings is 1. The number of nitrogens with two attached hydrogens (primary N) is 1. The molecule has 0 saturated carbocycles. The van der Waals surface area contributed by atoms with Crippen molar-refractivity contribution in [1.82, 2.24) is 4.90 Å². The minimum absolute atomic E-state index is 0.244. The molecule has 2 aliphatic rings. The highest BCUT2D eigenvalue weighted by Gasteiger charge is 2.23. The number of likely N-dealkylation sites (tertiary alicyclic amines) is 1. The first-order valence-electron chi connectivity index (χ1n) is 6.28. The van der Waals surface area contributed by atoms with Crippen molar-refractivity contribution in [3.63, 3.8) is 0 Å². The smallest absolute Gasteiger partial charge is 0.231 e. The van der Waals surface area contributed by atoms with Gasteiger partial charge in [0.25, 0.3) is 0 Å². The van der Waals surface area contributed by atoms with Gasteiger partial charge in [0.2, 0.25) is 6.79 Å². The minimum atomic E-state index is -0.509. The molecule has 2 unspecified atom stereocenters. The number of hydrogen-bond donors (Lipinski definition) is 2. The summed E-state index contributed by atoms with van der Waals surface area (Å²) in [6.45, 7) is 2.70. The number of β-amino-alcohol motifs (C(OH)–C–C–N with tert-alkyl or cyclic N) is 1. The zero-order valence-electron chi connectivity index (χ0n) is 10.2. The Kier molecular flexibility index (Phi) is 3.11. The lowest BCUT2D eigenvalue weighted by Gasteiger charge is -2.20. The van der Waals surface area contributed by atoms with Crippen LogP contribution in [0.1, 0.15) is 18.1 Å². The van der Waals surface area contributed by atoms with E-state index in [0.29, 0.717) is 12.3 Å². The van der Waals surface area contributed by atoms with Crippen LogP contribution in [0, 0.1) is 0 Å². The molecule has 1 aromatic carbocycles. The van der Waals surface area contributed by atoms with Gasteiger partial charge >= 0.3 is 0 Å². The molecule has 5 heteroatoms. The predicted octanol–water partition coefficient (Wildman–Crippen LogP) is 0.482. The van der Waals surface area contributed by atoms with Gasteiger partial charge in [-0.15, -0.1) is 0 Å². The Morgan fingerprint density at radius 3 is 3.00 bits per heavy atom. The molecule has 0 aromatic heterocycles. The lowest BCUT2D eigenvalue weighted by molar-refractivity contribution is 0.125. The first-order valence-corrected chi connectivity index (χ1v) is 6.28. The molecule has 3 rings (SSSR count). The van der Waals surface area contributed by atoms with Crippen LogP contribution in [0.15, 0.2) is 18.2 Å². The Bertz CT molecular complexity index is 438. The van der Waals surface area contributed by atoms with Gasteiger partial charge in [0.15, 0.2) is 11.5 Å². The molecule has 2 aliphatic heterocycles. The highest BCUT2D eigenvalue weighted by Crippen LogP contribution is 2.34. The molecule has 0 aliphatic carbocycles. The number of nitrogens with zero attached hydrogens (tertiary/aromatic N) is 1. The topological polar surface area (TPSA) is 68.0 Å². The molecule has 18 heavy (non-hydrogen) atoms. The van der Waals surface area contributed by atoms with E-state index in [4.69, 9.17) is 15.2 Å². The third kappa shape index (κ3) is 2.29. The molecule has 0 radical (unpaired) electrons. The Hall–Kier alpha value is -1.30. The molecule has 5 nitrogen and oxygen atoms in total. The van der Waals surface area contributed by atoms with Gasteiger partial charge in [0.1, 0.15) is 0 Å². The molecule has 0 amide bonds. The summed E-state index contributed by atoms with van der Waals surface area (Å²) in [4.78, 5) is 2.19. The highest BCUT2D eigenvalue weighted by molar-refractivity contribution is 5.45. The van der Waals surface area contributed by atoms with Crippen molar-refractivity contribution in [2.24, 2.45) is 5.73 Å². The van der Waals surface area contributed by atoms with Gasteiger partial charge < -0.3 is 20.3 Å². The molecule has 3 N–H and O–H groups in total. The van der Waals surface area contributed by atoms with E-state index in [9.17, 15) is 5.11 Å².